The van der Waals surface area contributed by atoms with Crippen molar-refractivity contribution in [2.24, 2.45) is 0 Å². The largest absolute Gasteiger partial charge is 0.486 e. The van der Waals surface area contributed by atoms with Crippen LogP contribution in [0.2, 0.25) is 0 Å². The van der Waals surface area contributed by atoms with Crippen molar-refractivity contribution in [1.82, 2.24) is 10.2 Å². The van der Waals surface area contributed by atoms with Gasteiger partial charge in [0.25, 0.3) is 0 Å². The molecular formula is C21H26N2O7S. The van der Waals surface area contributed by atoms with Gasteiger partial charge in [-0.1, -0.05) is 12.1 Å². The van der Waals surface area contributed by atoms with Crippen LogP contribution >= 0.6 is 11.8 Å². The molecule has 4 rings (SSSR count). The summed E-state index contributed by atoms with van der Waals surface area (Å²) in [5.41, 5.74) is 0. The quantitative estimate of drug-likeness (QED) is 0.586. The molecule has 3 aliphatic rings. The van der Waals surface area contributed by atoms with Crippen LogP contribution in [-0.2, 0) is 14.4 Å². The minimum atomic E-state index is -1.26. The van der Waals surface area contributed by atoms with Crippen LogP contribution in [0.1, 0.15) is 19.8 Å². The first-order valence-corrected chi connectivity index (χ1v) is 10.9. The number of carbonyl (C=O) groups is 3. The summed E-state index contributed by atoms with van der Waals surface area (Å²) in [6.07, 6.45) is 3.18. The van der Waals surface area contributed by atoms with Gasteiger partial charge in [-0.2, -0.15) is 0 Å². The average Bonchev–Trinajstić information content (AvgIpc) is 3.02. The van der Waals surface area contributed by atoms with E-state index in [0.717, 1.165) is 44.0 Å². The molecule has 2 unspecified atom stereocenters. The zero-order valence-electron chi connectivity index (χ0n) is 17.2. The highest BCUT2D eigenvalue weighted by atomic mass is 32.2. The summed E-state index contributed by atoms with van der Waals surface area (Å²) >= 11 is 1.79. The molecule has 2 saturated heterocycles. The molecule has 0 aliphatic carbocycles. The normalized spacial score (nSPS) is 24.4. The predicted octanol–water partition coefficient (Wildman–Crippen LogP) is 1.58. The number of hydrogen-bond acceptors (Lipinski definition) is 7. The number of benzene rings is 1. The van der Waals surface area contributed by atoms with E-state index in [2.05, 4.69) is 10.2 Å². The molecule has 2 atom stereocenters. The van der Waals surface area contributed by atoms with Crippen molar-refractivity contribution in [2.45, 2.75) is 36.0 Å². The molecule has 1 amide bonds. The van der Waals surface area contributed by atoms with Gasteiger partial charge in [0.1, 0.15) is 12.7 Å². The van der Waals surface area contributed by atoms with Crippen molar-refractivity contribution in [1.29, 1.82) is 0 Å². The number of amides is 1. The first kappa shape index (κ1) is 23.0. The lowest BCUT2D eigenvalue weighted by Crippen LogP contribution is -2.52. The highest BCUT2D eigenvalue weighted by Gasteiger charge is 2.45. The fourth-order valence-electron chi connectivity index (χ4n) is 3.67. The van der Waals surface area contributed by atoms with E-state index >= 15 is 0 Å². The molecule has 3 heterocycles. The molecule has 3 N–H and O–H groups in total. The van der Waals surface area contributed by atoms with Crippen LogP contribution in [0.3, 0.4) is 0 Å². The maximum absolute atomic E-state index is 11.8. The van der Waals surface area contributed by atoms with Gasteiger partial charge < -0.3 is 25.0 Å². The van der Waals surface area contributed by atoms with Crippen molar-refractivity contribution < 1.29 is 34.1 Å². The number of likely N-dealkylation sites (tertiary alicyclic amines) is 1. The lowest BCUT2D eigenvalue weighted by molar-refractivity contribution is -0.134. The van der Waals surface area contributed by atoms with E-state index in [9.17, 15) is 14.4 Å². The van der Waals surface area contributed by atoms with Crippen LogP contribution in [0.4, 0.5) is 0 Å². The molecular weight excluding hydrogens is 424 g/mol. The molecule has 9 nitrogen and oxygen atoms in total. The van der Waals surface area contributed by atoms with E-state index in [0.29, 0.717) is 18.8 Å². The minimum Gasteiger partial charge on any atom is -0.486 e. The Balaban J connectivity index is 0.000000293. The second-order valence-electron chi connectivity index (χ2n) is 7.55. The Morgan fingerprint density at radius 3 is 2.35 bits per heavy atom. The van der Waals surface area contributed by atoms with E-state index in [1.54, 1.807) is 11.8 Å². The van der Waals surface area contributed by atoms with Gasteiger partial charge in [0.2, 0.25) is 5.91 Å². The zero-order chi connectivity index (χ0) is 22.4. The maximum Gasteiger partial charge on any atom is 0.328 e. The van der Waals surface area contributed by atoms with Gasteiger partial charge in [0, 0.05) is 31.8 Å². The van der Waals surface area contributed by atoms with Gasteiger partial charge >= 0.3 is 11.9 Å². The number of nitrogens with one attached hydrogen (secondary N) is 1. The third kappa shape index (κ3) is 6.38. The zero-order valence-corrected chi connectivity index (χ0v) is 18.0. The number of piperidine rings is 1. The first-order valence-electron chi connectivity index (χ1n) is 10.0. The number of rotatable bonds is 4. The van der Waals surface area contributed by atoms with Crippen molar-refractivity contribution in [3.63, 3.8) is 0 Å². The van der Waals surface area contributed by atoms with Crippen LogP contribution in [0, 0.1) is 0 Å². The van der Waals surface area contributed by atoms with Crippen molar-refractivity contribution >= 4 is 29.6 Å². The van der Waals surface area contributed by atoms with Gasteiger partial charge in [-0.15, -0.1) is 11.8 Å². The van der Waals surface area contributed by atoms with Crippen molar-refractivity contribution in [3.8, 4) is 11.5 Å². The number of ether oxygens (including phenoxy) is 2. The van der Waals surface area contributed by atoms with Gasteiger partial charge in [-0.3, -0.25) is 9.69 Å². The number of hydrogen-bond donors (Lipinski definition) is 3. The molecule has 0 saturated carbocycles. The summed E-state index contributed by atoms with van der Waals surface area (Å²) < 4.78 is 11.8. The smallest absolute Gasteiger partial charge is 0.328 e. The lowest BCUT2D eigenvalue weighted by atomic mass is 10.0. The molecule has 31 heavy (non-hydrogen) atoms. The van der Waals surface area contributed by atoms with E-state index in [1.807, 2.05) is 31.2 Å². The summed E-state index contributed by atoms with van der Waals surface area (Å²) in [5, 5.41) is 18.9. The summed E-state index contributed by atoms with van der Waals surface area (Å²) in [7, 11) is 0. The second kappa shape index (κ2) is 10.1. The molecule has 1 spiro atoms. The number of thioether (sulfide) groups is 1. The highest BCUT2D eigenvalue weighted by Crippen LogP contribution is 2.41. The monoisotopic (exact) mass is 450 g/mol. The molecule has 0 aromatic heterocycles. The van der Waals surface area contributed by atoms with Crippen LogP contribution in [0.5, 0.6) is 11.5 Å². The Kier molecular flexibility index (Phi) is 7.45. The van der Waals surface area contributed by atoms with Crippen LogP contribution in [0.25, 0.3) is 0 Å². The molecule has 168 valence electrons. The molecule has 3 aliphatic heterocycles. The Bertz CT molecular complexity index is 836. The van der Waals surface area contributed by atoms with E-state index in [4.69, 9.17) is 19.7 Å². The molecule has 10 heteroatoms. The summed E-state index contributed by atoms with van der Waals surface area (Å²) in [6, 6.07) is 7.83. The summed E-state index contributed by atoms with van der Waals surface area (Å²) in [4.78, 5) is 33.3. The summed E-state index contributed by atoms with van der Waals surface area (Å²) in [6.45, 7) is 5.44. The van der Waals surface area contributed by atoms with Crippen molar-refractivity contribution in [2.75, 3.05) is 26.2 Å². The SMILES string of the molecule is CC1SC2(CCN(CC3COc4ccccc4O3)CC2)NC1=O.O=C(O)/C=C/C(=O)O. The van der Waals surface area contributed by atoms with E-state index < -0.39 is 11.9 Å². The number of carboxylic acid groups (broad SMARTS) is 2. The first-order chi connectivity index (χ1) is 14.8. The summed E-state index contributed by atoms with van der Waals surface area (Å²) in [5.74, 6) is -0.658. The average molecular weight is 451 g/mol. The number of fused-ring (bicyclic) bond motifs is 1. The molecule has 1 aromatic carbocycles. The standard InChI is InChI=1S/C17H22N2O3S.C4H4O4/c1-12-16(20)18-17(23-12)6-8-19(9-7-17)10-13-11-21-14-4-2-3-5-15(14)22-13;5-3(6)1-2-4(7)8/h2-5,12-13H,6-11H2,1H3,(H,18,20);1-2H,(H,5,6)(H,7,8)/b;2-1+. The number of carboxylic acids is 2. The van der Waals surface area contributed by atoms with E-state index in [1.165, 1.54) is 0 Å². The Hall–Kier alpha value is -2.72. The number of aliphatic carboxylic acids is 2. The Morgan fingerprint density at radius 1 is 1.19 bits per heavy atom. The number of nitrogens with zero attached hydrogens (tertiary/aromatic N) is 1. The fourth-order valence-corrected chi connectivity index (χ4v) is 5.09. The van der Waals surface area contributed by atoms with Crippen LogP contribution in [0.15, 0.2) is 36.4 Å². The van der Waals surface area contributed by atoms with Crippen molar-refractivity contribution in [3.05, 3.63) is 36.4 Å². The predicted molar refractivity (Wildman–Crippen MR) is 114 cm³/mol. The minimum absolute atomic E-state index is 0.0382. The molecule has 0 radical (unpaired) electrons. The molecule has 1 aromatic rings. The van der Waals surface area contributed by atoms with Gasteiger partial charge in [0.15, 0.2) is 11.5 Å². The highest BCUT2D eigenvalue weighted by molar-refractivity contribution is 8.02. The fraction of sp³-hybridized carbons (Fsp3) is 0.476. The molecule has 2 fully saturated rings. The van der Waals surface area contributed by atoms with Crippen LogP contribution < -0.4 is 14.8 Å². The third-order valence-electron chi connectivity index (χ3n) is 5.18. The number of carbonyl (C=O) groups excluding carboxylic acids is 1. The Morgan fingerprint density at radius 2 is 1.81 bits per heavy atom. The third-order valence-corrected chi connectivity index (χ3v) is 6.71. The maximum atomic E-state index is 11.8. The number of para-hydroxylation sites is 2. The van der Waals surface area contributed by atoms with Gasteiger partial charge in [-0.05, 0) is 31.9 Å². The van der Waals surface area contributed by atoms with Gasteiger partial charge in [-0.25, -0.2) is 9.59 Å². The lowest BCUT2D eigenvalue weighted by Gasteiger charge is -2.40. The topological polar surface area (TPSA) is 125 Å². The van der Waals surface area contributed by atoms with Crippen LogP contribution in [-0.4, -0.2) is 75.4 Å². The van der Waals surface area contributed by atoms with Gasteiger partial charge in [0.05, 0.1) is 10.1 Å². The second-order valence-corrected chi connectivity index (χ2v) is 9.28. The Labute approximate surface area is 184 Å². The van der Waals surface area contributed by atoms with E-state index in [-0.39, 0.29) is 22.1 Å². The molecule has 0 bridgehead atoms.